The van der Waals surface area contributed by atoms with Gasteiger partial charge in [0.1, 0.15) is 17.7 Å². The van der Waals surface area contributed by atoms with Crippen LogP contribution in [-0.2, 0) is 19.8 Å². The maximum absolute atomic E-state index is 12.7. The summed E-state index contributed by atoms with van der Waals surface area (Å²) >= 11 is 0. The van der Waals surface area contributed by atoms with Crippen LogP contribution in [0.1, 0.15) is 70.5 Å². The van der Waals surface area contributed by atoms with Crippen LogP contribution in [0.3, 0.4) is 0 Å². The van der Waals surface area contributed by atoms with Crippen LogP contribution < -0.4 is 0 Å². The van der Waals surface area contributed by atoms with Gasteiger partial charge in [-0.15, -0.1) is 0 Å². The molecule has 0 amide bonds. The number of rotatable bonds is 6. The van der Waals surface area contributed by atoms with Gasteiger partial charge in [0.15, 0.2) is 0 Å². The molecule has 1 aromatic heterocycles. The average molecular weight is 326 g/mol. The summed E-state index contributed by atoms with van der Waals surface area (Å²) in [5.74, 6) is 2.13. The fourth-order valence-corrected chi connectivity index (χ4v) is 4.54. The summed E-state index contributed by atoms with van der Waals surface area (Å²) in [5.41, 5.74) is 3.78. The van der Waals surface area contributed by atoms with E-state index in [1.165, 1.54) is 16.7 Å². The van der Waals surface area contributed by atoms with Gasteiger partial charge in [0.05, 0.1) is 13.2 Å². The summed E-state index contributed by atoms with van der Waals surface area (Å²) in [6.45, 7) is 10.8. The summed E-state index contributed by atoms with van der Waals surface area (Å²) in [6.07, 6.45) is 2.36. The van der Waals surface area contributed by atoms with Gasteiger partial charge in [-0.1, -0.05) is 12.5 Å². The Morgan fingerprint density at radius 1 is 1.32 bits per heavy atom. The Kier molecular flexibility index (Phi) is 5.70. The highest BCUT2D eigenvalue weighted by Crippen LogP contribution is 2.52. The van der Waals surface area contributed by atoms with Crippen molar-refractivity contribution < 1.29 is 18.0 Å². The first-order valence-corrected chi connectivity index (χ1v) is 9.80. The van der Waals surface area contributed by atoms with E-state index in [4.69, 9.17) is 13.5 Å². The normalized spacial score (nSPS) is 18.4. The van der Waals surface area contributed by atoms with Gasteiger partial charge in [-0.05, 0) is 58.1 Å². The highest BCUT2D eigenvalue weighted by molar-refractivity contribution is 7.53. The van der Waals surface area contributed by atoms with E-state index in [1.807, 2.05) is 19.9 Å². The van der Waals surface area contributed by atoms with Crippen molar-refractivity contribution in [3.05, 3.63) is 28.7 Å². The van der Waals surface area contributed by atoms with Crippen LogP contribution in [0.2, 0.25) is 0 Å². The first kappa shape index (κ1) is 17.5. The third-order valence-electron chi connectivity index (χ3n) is 4.05. The molecule has 0 N–H and O–H groups in total. The Bertz CT molecular complexity index is 586. The van der Waals surface area contributed by atoms with Gasteiger partial charge in [-0.2, -0.15) is 0 Å². The number of hydrogen-bond acceptors (Lipinski definition) is 4. The molecule has 1 aliphatic rings. The highest BCUT2D eigenvalue weighted by Gasteiger charge is 2.30. The standard InChI is InChI=1S/C17H27O4P/c1-6-19-22(18,20-7-2)11-14-10-16-13(5)8-9-15(12(3)4)17(16)21-14/h10,13H,6-9,11H2,1-5H3/t13-/m1/s1. The largest absolute Gasteiger partial charge is 0.460 e. The van der Waals surface area contributed by atoms with Gasteiger partial charge in [-0.3, -0.25) is 4.57 Å². The van der Waals surface area contributed by atoms with Crippen LogP contribution in [0.5, 0.6) is 0 Å². The predicted molar refractivity (Wildman–Crippen MR) is 89.2 cm³/mol. The van der Waals surface area contributed by atoms with Gasteiger partial charge in [-0.25, -0.2) is 0 Å². The SMILES string of the molecule is CCOP(=O)(Cc1cc2c(o1)C(=C(C)C)CC[C@H]2C)OCC. The quantitative estimate of drug-likeness (QED) is 0.626. The number of fused-ring (bicyclic) bond motifs is 1. The molecule has 1 heterocycles. The molecule has 1 atom stereocenters. The van der Waals surface area contributed by atoms with E-state index in [9.17, 15) is 4.57 Å². The van der Waals surface area contributed by atoms with E-state index in [0.717, 1.165) is 18.6 Å². The van der Waals surface area contributed by atoms with Crippen molar-refractivity contribution in [2.24, 2.45) is 0 Å². The van der Waals surface area contributed by atoms with Crippen LogP contribution in [0, 0.1) is 0 Å². The van der Waals surface area contributed by atoms with Gasteiger partial charge < -0.3 is 13.5 Å². The molecule has 124 valence electrons. The Morgan fingerprint density at radius 2 is 1.95 bits per heavy atom. The lowest BCUT2D eigenvalue weighted by Crippen LogP contribution is -2.04. The van der Waals surface area contributed by atoms with Gasteiger partial charge in [0.2, 0.25) is 0 Å². The molecule has 0 spiro atoms. The first-order valence-electron chi connectivity index (χ1n) is 8.07. The van der Waals surface area contributed by atoms with Crippen molar-refractivity contribution in [2.45, 2.75) is 59.5 Å². The van der Waals surface area contributed by atoms with Crippen LogP contribution in [0.15, 0.2) is 16.1 Å². The van der Waals surface area contributed by atoms with Gasteiger partial charge >= 0.3 is 7.60 Å². The molecule has 0 saturated carbocycles. The summed E-state index contributed by atoms with van der Waals surface area (Å²) in [4.78, 5) is 0. The van der Waals surface area contributed by atoms with Crippen molar-refractivity contribution in [1.29, 1.82) is 0 Å². The van der Waals surface area contributed by atoms with Crippen molar-refractivity contribution in [2.75, 3.05) is 13.2 Å². The molecule has 0 aromatic carbocycles. The second kappa shape index (κ2) is 7.16. The predicted octanol–water partition coefficient (Wildman–Crippen LogP) is 5.74. The zero-order valence-electron chi connectivity index (χ0n) is 14.3. The Hall–Kier alpha value is -0.830. The Morgan fingerprint density at radius 3 is 2.50 bits per heavy atom. The lowest BCUT2D eigenvalue weighted by molar-refractivity contribution is 0.217. The minimum atomic E-state index is -3.12. The fourth-order valence-electron chi connectivity index (χ4n) is 2.96. The van der Waals surface area contributed by atoms with E-state index in [-0.39, 0.29) is 6.16 Å². The molecule has 4 nitrogen and oxygen atoms in total. The lowest BCUT2D eigenvalue weighted by atomic mass is 9.84. The van der Waals surface area contributed by atoms with E-state index < -0.39 is 7.60 Å². The molecule has 0 saturated heterocycles. The van der Waals surface area contributed by atoms with E-state index in [1.54, 1.807) is 0 Å². The molecular formula is C17H27O4P. The summed E-state index contributed by atoms with van der Waals surface area (Å²) in [7, 11) is -3.12. The maximum atomic E-state index is 12.7. The minimum Gasteiger partial charge on any atom is -0.460 e. The molecule has 1 aromatic rings. The smallest absolute Gasteiger partial charge is 0.338 e. The molecule has 5 heteroatoms. The molecule has 1 aliphatic carbocycles. The number of furan rings is 1. The maximum Gasteiger partial charge on any atom is 0.338 e. The van der Waals surface area contributed by atoms with Crippen molar-refractivity contribution >= 4 is 13.2 Å². The van der Waals surface area contributed by atoms with Crippen molar-refractivity contribution in [1.82, 2.24) is 0 Å². The summed E-state index contributed by atoms with van der Waals surface area (Å²) < 4.78 is 29.5. The molecule has 0 aliphatic heterocycles. The van der Waals surface area contributed by atoms with Crippen molar-refractivity contribution in [3.63, 3.8) is 0 Å². The molecule has 0 bridgehead atoms. The van der Waals surface area contributed by atoms with Crippen molar-refractivity contribution in [3.8, 4) is 0 Å². The lowest BCUT2D eigenvalue weighted by Gasteiger charge is -2.20. The molecule has 0 radical (unpaired) electrons. The minimum absolute atomic E-state index is 0.199. The fraction of sp³-hybridized carbons (Fsp3) is 0.647. The highest BCUT2D eigenvalue weighted by atomic mass is 31.2. The monoisotopic (exact) mass is 326 g/mol. The van der Waals surface area contributed by atoms with Crippen LogP contribution in [0.4, 0.5) is 0 Å². The zero-order valence-corrected chi connectivity index (χ0v) is 15.2. The molecule has 2 rings (SSSR count). The molecule has 22 heavy (non-hydrogen) atoms. The van der Waals surface area contributed by atoms with E-state index >= 15 is 0 Å². The van der Waals surface area contributed by atoms with E-state index in [2.05, 4.69) is 20.8 Å². The number of hydrogen-bond donors (Lipinski definition) is 0. The molecule has 0 fully saturated rings. The van der Waals surface area contributed by atoms with Crippen LogP contribution >= 0.6 is 7.60 Å². The molecular weight excluding hydrogens is 299 g/mol. The zero-order chi connectivity index (χ0) is 16.3. The average Bonchev–Trinajstić information content (AvgIpc) is 2.82. The second-order valence-corrected chi connectivity index (χ2v) is 8.07. The Balaban J connectivity index is 2.33. The third kappa shape index (κ3) is 3.73. The van der Waals surface area contributed by atoms with Crippen LogP contribution in [-0.4, -0.2) is 13.2 Å². The van der Waals surface area contributed by atoms with Crippen LogP contribution in [0.25, 0.3) is 5.57 Å². The summed E-state index contributed by atoms with van der Waals surface area (Å²) in [6, 6.07) is 2.03. The third-order valence-corrected chi connectivity index (χ3v) is 6.05. The van der Waals surface area contributed by atoms with E-state index in [0.29, 0.717) is 24.9 Å². The molecule has 0 unspecified atom stereocenters. The second-order valence-electron chi connectivity index (χ2n) is 6.02. The first-order chi connectivity index (χ1) is 10.4. The summed E-state index contributed by atoms with van der Waals surface area (Å²) in [5, 5.41) is 0. The number of allylic oxidation sites excluding steroid dienone is 2. The van der Waals surface area contributed by atoms with Gasteiger partial charge in [0, 0.05) is 5.56 Å². The Labute approximate surface area is 133 Å². The van der Waals surface area contributed by atoms with Gasteiger partial charge in [0.25, 0.3) is 0 Å². The topological polar surface area (TPSA) is 48.7 Å².